The van der Waals surface area contributed by atoms with E-state index in [1.165, 1.54) is 12.1 Å². The van der Waals surface area contributed by atoms with Gasteiger partial charge in [-0.05, 0) is 42.4 Å². The summed E-state index contributed by atoms with van der Waals surface area (Å²) in [4.78, 5) is 17.7. The van der Waals surface area contributed by atoms with Gasteiger partial charge in [-0.3, -0.25) is 9.69 Å². The Morgan fingerprint density at radius 2 is 1.85 bits per heavy atom. The van der Waals surface area contributed by atoms with Gasteiger partial charge in [-0.2, -0.15) is 0 Å². The van der Waals surface area contributed by atoms with Gasteiger partial charge in [0.1, 0.15) is 17.4 Å². The first-order valence-electron chi connectivity index (χ1n) is 11.0. The van der Waals surface area contributed by atoms with Gasteiger partial charge in [0.05, 0.1) is 13.7 Å². The number of carbonyl (C=O) groups excluding carboxylic acids is 1. The summed E-state index contributed by atoms with van der Waals surface area (Å²) in [7, 11) is 3.35. The summed E-state index contributed by atoms with van der Waals surface area (Å²) in [5.41, 5.74) is 3.50. The number of para-hydroxylation sites is 1. The standard InChI is InChI=1S/C27H27F2N3O2/c1-32(16-19-7-10-20(28)13-25(19)29)17-27(33)31-14-23(18-8-11-21(34-2)12-9-18)24-15-30-26-6-4-3-5-22(24)26/h3-13,15,23,30H,14,16-17H2,1-2H3,(H,31,33). The van der Waals surface area contributed by atoms with Crippen LogP contribution in [0.2, 0.25) is 0 Å². The first-order chi connectivity index (χ1) is 16.4. The summed E-state index contributed by atoms with van der Waals surface area (Å²) in [6.07, 6.45) is 1.98. The van der Waals surface area contributed by atoms with E-state index >= 15 is 0 Å². The fraction of sp³-hybridized carbons (Fsp3) is 0.222. The topological polar surface area (TPSA) is 57.4 Å². The average Bonchev–Trinajstić information content (AvgIpc) is 3.25. The van der Waals surface area contributed by atoms with Crippen LogP contribution in [0.25, 0.3) is 10.9 Å². The molecule has 1 heterocycles. The smallest absolute Gasteiger partial charge is 0.234 e. The van der Waals surface area contributed by atoms with Gasteiger partial charge >= 0.3 is 0 Å². The number of H-pyrrole nitrogens is 1. The van der Waals surface area contributed by atoms with E-state index in [2.05, 4.69) is 16.4 Å². The third-order valence-corrected chi connectivity index (χ3v) is 5.89. The lowest BCUT2D eigenvalue weighted by atomic mass is 9.90. The van der Waals surface area contributed by atoms with Crippen molar-refractivity contribution < 1.29 is 18.3 Å². The van der Waals surface area contributed by atoms with Gasteiger partial charge in [0.25, 0.3) is 0 Å². The van der Waals surface area contributed by atoms with Crippen LogP contribution in [-0.2, 0) is 11.3 Å². The molecule has 0 saturated carbocycles. The van der Waals surface area contributed by atoms with Gasteiger partial charge in [-0.25, -0.2) is 8.78 Å². The predicted molar refractivity (Wildman–Crippen MR) is 129 cm³/mol. The van der Waals surface area contributed by atoms with Crippen molar-refractivity contribution in [1.82, 2.24) is 15.2 Å². The number of hydrogen-bond donors (Lipinski definition) is 2. The molecule has 0 spiro atoms. The van der Waals surface area contributed by atoms with Crippen LogP contribution in [0.4, 0.5) is 8.78 Å². The van der Waals surface area contributed by atoms with Gasteiger partial charge in [0.2, 0.25) is 5.91 Å². The molecular formula is C27H27F2N3O2. The zero-order chi connectivity index (χ0) is 24.1. The van der Waals surface area contributed by atoms with Gasteiger partial charge < -0.3 is 15.0 Å². The van der Waals surface area contributed by atoms with Crippen molar-refractivity contribution in [2.45, 2.75) is 12.5 Å². The number of ether oxygens (including phenoxy) is 1. The average molecular weight is 464 g/mol. The third kappa shape index (κ3) is 5.43. The van der Waals surface area contributed by atoms with Crippen molar-refractivity contribution in [2.75, 3.05) is 27.2 Å². The molecule has 34 heavy (non-hydrogen) atoms. The first kappa shape index (κ1) is 23.4. The largest absolute Gasteiger partial charge is 0.497 e. The summed E-state index contributed by atoms with van der Waals surface area (Å²) in [6.45, 7) is 0.676. The van der Waals surface area contributed by atoms with Crippen LogP contribution in [-0.4, -0.2) is 43.0 Å². The summed E-state index contributed by atoms with van der Waals surface area (Å²) >= 11 is 0. The number of aromatic amines is 1. The van der Waals surface area contributed by atoms with Gasteiger partial charge in [0, 0.05) is 47.7 Å². The molecule has 0 aliphatic carbocycles. The summed E-state index contributed by atoms with van der Waals surface area (Å²) in [6, 6.07) is 19.3. The Morgan fingerprint density at radius 1 is 1.09 bits per heavy atom. The second-order valence-electron chi connectivity index (χ2n) is 8.33. The minimum Gasteiger partial charge on any atom is -0.497 e. The van der Waals surface area contributed by atoms with Crippen LogP contribution in [0.1, 0.15) is 22.6 Å². The molecule has 4 aromatic rings. The summed E-state index contributed by atoms with van der Waals surface area (Å²) in [5.74, 6) is -0.732. The maximum Gasteiger partial charge on any atom is 0.234 e. The normalized spacial score (nSPS) is 12.1. The number of methoxy groups -OCH3 is 1. The molecule has 1 unspecified atom stereocenters. The van der Waals surface area contributed by atoms with Crippen LogP contribution in [0, 0.1) is 11.6 Å². The van der Waals surface area contributed by atoms with Crippen LogP contribution in [0.5, 0.6) is 5.75 Å². The van der Waals surface area contributed by atoms with Crippen molar-refractivity contribution >= 4 is 16.8 Å². The number of rotatable bonds is 9. The molecule has 5 nitrogen and oxygen atoms in total. The van der Waals surface area contributed by atoms with Crippen molar-refractivity contribution in [2.24, 2.45) is 0 Å². The van der Waals surface area contributed by atoms with Gasteiger partial charge in [0.15, 0.2) is 0 Å². The quantitative estimate of drug-likeness (QED) is 0.374. The first-order valence-corrected chi connectivity index (χ1v) is 11.0. The van der Waals surface area contributed by atoms with E-state index in [-0.39, 0.29) is 24.9 Å². The number of fused-ring (bicyclic) bond motifs is 1. The summed E-state index contributed by atoms with van der Waals surface area (Å²) < 4.78 is 32.4. The molecule has 1 atom stereocenters. The molecule has 1 amide bonds. The molecule has 0 fully saturated rings. The Kier molecular flexibility index (Phi) is 7.23. The zero-order valence-electron chi connectivity index (χ0n) is 19.1. The molecule has 3 aromatic carbocycles. The third-order valence-electron chi connectivity index (χ3n) is 5.89. The predicted octanol–water partition coefficient (Wildman–Crippen LogP) is 4.83. The number of nitrogens with one attached hydrogen (secondary N) is 2. The fourth-order valence-electron chi connectivity index (χ4n) is 4.14. The summed E-state index contributed by atoms with van der Waals surface area (Å²) in [5, 5.41) is 4.12. The van der Waals surface area contributed by atoms with Crippen LogP contribution in [0.15, 0.2) is 72.9 Å². The van der Waals surface area contributed by atoms with Crippen molar-refractivity contribution in [3.8, 4) is 5.75 Å². The van der Waals surface area contributed by atoms with E-state index in [0.717, 1.165) is 33.8 Å². The molecule has 2 N–H and O–H groups in total. The highest BCUT2D eigenvalue weighted by Crippen LogP contribution is 2.31. The lowest BCUT2D eigenvalue weighted by Crippen LogP contribution is -2.37. The maximum atomic E-state index is 13.9. The molecule has 0 radical (unpaired) electrons. The Bertz CT molecular complexity index is 1270. The van der Waals surface area contributed by atoms with E-state index in [4.69, 9.17) is 4.74 Å². The number of halogens is 2. The minimum absolute atomic E-state index is 0.0779. The Labute approximate surface area is 197 Å². The Balaban J connectivity index is 1.47. The lowest BCUT2D eigenvalue weighted by Gasteiger charge is -2.21. The molecule has 7 heteroatoms. The van der Waals surface area contributed by atoms with E-state index in [9.17, 15) is 13.6 Å². The molecule has 0 saturated heterocycles. The Morgan fingerprint density at radius 3 is 2.59 bits per heavy atom. The van der Waals surface area contributed by atoms with E-state index in [1.54, 1.807) is 19.1 Å². The number of nitrogens with zero attached hydrogens (tertiary/aromatic N) is 1. The van der Waals surface area contributed by atoms with E-state index in [1.807, 2.05) is 48.7 Å². The number of hydrogen-bond acceptors (Lipinski definition) is 3. The molecule has 0 aliphatic heterocycles. The van der Waals surface area contributed by atoms with Crippen molar-refractivity contribution in [3.05, 3.63) is 101 Å². The SMILES string of the molecule is COc1ccc(C(CNC(=O)CN(C)Cc2ccc(F)cc2F)c2c[nH]c3ccccc23)cc1. The van der Waals surface area contributed by atoms with Gasteiger partial charge in [-0.15, -0.1) is 0 Å². The van der Waals surface area contributed by atoms with Crippen molar-refractivity contribution in [3.63, 3.8) is 0 Å². The molecule has 0 bridgehead atoms. The van der Waals surface area contributed by atoms with Crippen molar-refractivity contribution in [1.29, 1.82) is 0 Å². The molecule has 176 valence electrons. The van der Waals surface area contributed by atoms with Crippen LogP contribution in [0.3, 0.4) is 0 Å². The minimum atomic E-state index is -0.622. The maximum absolute atomic E-state index is 13.9. The zero-order valence-corrected chi connectivity index (χ0v) is 19.1. The second-order valence-corrected chi connectivity index (χ2v) is 8.33. The molecule has 0 aliphatic rings. The Hall–Kier alpha value is -3.71. The lowest BCUT2D eigenvalue weighted by molar-refractivity contribution is -0.122. The highest BCUT2D eigenvalue weighted by Gasteiger charge is 2.20. The molecule has 4 rings (SSSR count). The van der Waals surface area contributed by atoms with Crippen LogP contribution < -0.4 is 10.1 Å². The number of aromatic nitrogens is 1. The highest BCUT2D eigenvalue weighted by atomic mass is 19.1. The fourth-order valence-corrected chi connectivity index (χ4v) is 4.14. The van der Waals surface area contributed by atoms with E-state index in [0.29, 0.717) is 12.1 Å². The van der Waals surface area contributed by atoms with E-state index < -0.39 is 11.6 Å². The number of amides is 1. The number of benzene rings is 3. The van der Waals surface area contributed by atoms with Crippen LogP contribution >= 0.6 is 0 Å². The second kappa shape index (κ2) is 10.5. The monoisotopic (exact) mass is 463 g/mol. The molecular weight excluding hydrogens is 436 g/mol. The number of carbonyl (C=O) groups is 1. The number of likely N-dealkylation sites (N-methyl/N-ethyl adjacent to an activating group) is 1. The highest BCUT2D eigenvalue weighted by molar-refractivity contribution is 5.84. The molecule has 1 aromatic heterocycles. The van der Waals surface area contributed by atoms with Gasteiger partial charge in [-0.1, -0.05) is 36.4 Å².